The number of benzene rings is 2. The van der Waals surface area contributed by atoms with Crippen molar-refractivity contribution in [2.75, 3.05) is 4.72 Å². The zero-order valence-corrected chi connectivity index (χ0v) is 13.1. The van der Waals surface area contributed by atoms with E-state index in [0.717, 1.165) is 23.3 Å². The molecular formula is C15H14F3NO3S. The molecule has 2 aromatic rings. The number of rotatable bonds is 4. The molecule has 0 aliphatic heterocycles. The molecular weight excluding hydrogens is 331 g/mol. The summed E-state index contributed by atoms with van der Waals surface area (Å²) in [7, 11) is -4.02. The zero-order valence-electron chi connectivity index (χ0n) is 12.3. The van der Waals surface area contributed by atoms with Crippen LogP contribution in [0, 0.1) is 13.8 Å². The quantitative estimate of drug-likeness (QED) is 0.911. The van der Waals surface area contributed by atoms with Crippen molar-refractivity contribution in [1.29, 1.82) is 0 Å². The zero-order chi connectivity index (χ0) is 17.3. The van der Waals surface area contributed by atoms with Gasteiger partial charge >= 0.3 is 6.36 Å². The molecule has 0 aromatic heterocycles. The number of anilines is 1. The Bertz CT molecular complexity index is 797. The molecule has 0 fully saturated rings. The second-order valence-corrected chi connectivity index (χ2v) is 6.69. The lowest BCUT2D eigenvalue weighted by Crippen LogP contribution is -2.18. The second kappa shape index (κ2) is 6.11. The molecule has 2 rings (SSSR count). The van der Waals surface area contributed by atoms with Crippen molar-refractivity contribution in [2.24, 2.45) is 0 Å². The lowest BCUT2D eigenvalue weighted by atomic mass is 10.1. The van der Waals surface area contributed by atoms with Gasteiger partial charge in [0.1, 0.15) is 5.75 Å². The molecule has 4 nitrogen and oxygen atoms in total. The normalized spacial score (nSPS) is 12.0. The third-order valence-corrected chi connectivity index (χ3v) is 4.20. The van der Waals surface area contributed by atoms with Gasteiger partial charge in [0, 0.05) is 11.8 Å². The summed E-state index contributed by atoms with van der Waals surface area (Å²) in [5.41, 5.74) is 2.05. The highest BCUT2D eigenvalue weighted by atomic mass is 32.2. The lowest BCUT2D eigenvalue weighted by Gasteiger charge is -2.12. The van der Waals surface area contributed by atoms with Gasteiger partial charge in [0.15, 0.2) is 0 Å². The van der Waals surface area contributed by atoms with E-state index < -0.39 is 22.1 Å². The number of nitrogens with one attached hydrogen (secondary N) is 1. The Labute approximate surface area is 132 Å². The number of alkyl halides is 3. The van der Waals surface area contributed by atoms with Gasteiger partial charge in [-0.2, -0.15) is 0 Å². The molecule has 0 radical (unpaired) electrons. The number of halogens is 3. The van der Waals surface area contributed by atoms with Crippen LogP contribution in [0.2, 0.25) is 0 Å². The summed E-state index contributed by atoms with van der Waals surface area (Å²) in [6.07, 6.45) is -4.89. The lowest BCUT2D eigenvalue weighted by molar-refractivity contribution is -0.274. The Kier molecular flexibility index (Phi) is 4.56. The van der Waals surface area contributed by atoms with Crippen LogP contribution in [0.5, 0.6) is 5.75 Å². The topological polar surface area (TPSA) is 55.4 Å². The first-order valence-electron chi connectivity index (χ1n) is 6.52. The highest BCUT2D eigenvalue weighted by molar-refractivity contribution is 7.92. The summed E-state index contributed by atoms with van der Waals surface area (Å²) in [4.78, 5) is -0.321. The van der Waals surface area contributed by atoms with Gasteiger partial charge < -0.3 is 4.74 Å². The standard InChI is InChI=1S/C15H14F3NO3S/c1-10-6-11(2)8-12(7-10)19-23(20,21)14-5-3-4-13(9-14)22-15(16,17)18/h3-9,19H,1-2H3. The minimum Gasteiger partial charge on any atom is -0.406 e. The third kappa shape index (κ3) is 4.88. The van der Waals surface area contributed by atoms with Crippen molar-refractivity contribution < 1.29 is 26.3 Å². The molecule has 0 saturated carbocycles. The van der Waals surface area contributed by atoms with Crippen molar-refractivity contribution >= 4 is 15.7 Å². The Hall–Kier alpha value is -2.22. The minimum absolute atomic E-state index is 0.321. The fourth-order valence-electron chi connectivity index (χ4n) is 2.09. The molecule has 0 unspecified atom stereocenters. The first-order chi connectivity index (χ1) is 10.5. The molecule has 0 saturated heterocycles. The molecule has 0 amide bonds. The largest absolute Gasteiger partial charge is 0.573 e. The van der Waals surface area contributed by atoms with E-state index in [2.05, 4.69) is 9.46 Å². The van der Waals surface area contributed by atoms with E-state index in [0.29, 0.717) is 5.69 Å². The third-order valence-electron chi connectivity index (χ3n) is 2.82. The van der Waals surface area contributed by atoms with Crippen molar-refractivity contribution in [1.82, 2.24) is 0 Å². The smallest absolute Gasteiger partial charge is 0.406 e. The van der Waals surface area contributed by atoms with E-state index >= 15 is 0 Å². The Morgan fingerprint density at radius 1 is 1.00 bits per heavy atom. The summed E-state index contributed by atoms with van der Waals surface area (Å²) in [5, 5.41) is 0. The fraction of sp³-hybridized carbons (Fsp3) is 0.200. The Balaban J connectivity index is 2.31. The maximum Gasteiger partial charge on any atom is 0.573 e. The monoisotopic (exact) mass is 345 g/mol. The van der Waals surface area contributed by atoms with Crippen LogP contribution in [-0.2, 0) is 10.0 Å². The van der Waals surface area contributed by atoms with Crippen molar-refractivity contribution in [3.8, 4) is 5.75 Å². The van der Waals surface area contributed by atoms with Gasteiger partial charge in [0.25, 0.3) is 10.0 Å². The van der Waals surface area contributed by atoms with E-state index in [1.165, 1.54) is 12.1 Å². The molecule has 0 atom stereocenters. The minimum atomic E-state index is -4.89. The van der Waals surface area contributed by atoms with E-state index in [9.17, 15) is 21.6 Å². The molecule has 1 N–H and O–H groups in total. The summed E-state index contributed by atoms with van der Waals surface area (Å²) in [6, 6.07) is 9.34. The highest BCUT2D eigenvalue weighted by Crippen LogP contribution is 2.26. The maximum absolute atomic E-state index is 12.3. The first-order valence-corrected chi connectivity index (χ1v) is 8.00. The van der Waals surface area contributed by atoms with Crippen LogP contribution >= 0.6 is 0 Å². The summed E-state index contributed by atoms with van der Waals surface area (Å²) < 4.78 is 67.3. The van der Waals surface area contributed by atoms with Gasteiger partial charge in [-0.05, 0) is 49.2 Å². The molecule has 0 bridgehead atoms. The van der Waals surface area contributed by atoms with E-state index in [1.807, 2.05) is 19.9 Å². The number of hydrogen-bond donors (Lipinski definition) is 1. The summed E-state index contributed by atoms with van der Waals surface area (Å²) in [6.45, 7) is 3.62. The van der Waals surface area contributed by atoms with Crippen molar-refractivity contribution in [3.05, 3.63) is 53.6 Å². The number of ether oxygens (including phenoxy) is 1. The summed E-state index contributed by atoms with van der Waals surface area (Å²) in [5.74, 6) is -0.596. The van der Waals surface area contributed by atoms with Gasteiger partial charge in [0.2, 0.25) is 0 Å². The molecule has 0 spiro atoms. The van der Waals surface area contributed by atoms with Crippen LogP contribution in [0.4, 0.5) is 18.9 Å². The SMILES string of the molecule is Cc1cc(C)cc(NS(=O)(=O)c2cccc(OC(F)(F)F)c2)c1. The van der Waals surface area contributed by atoms with Gasteiger partial charge in [-0.15, -0.1) is 13.2 Å². The average Bonchev–Trinajstić information content (AvgIpc) is 2.35. The van der Waals surface area contributed by atoms with E-state index in [4.69, 9.17) is 0 Å². The van der Waals surface area contributed by atoms with Gasteiger partial charge in [0.05, 0.1) is 4.90 Å². The van der Waals surface area contributed by atoms with E-state index in [1.54, 1.807) is 12.1 Å². The Morgan fingerprint density at radius 2 is 1.61 bits per heavy atom. The van der Waals surface area contributed by atoms with Crippen LogP contribution in [0.3, 0.4) is 0 Å². The second-order valence-electron chi connectivity index (χ2n) is 5.00. The molecule has 124 valence electrons. The fourth-order valence-corrected chi connectivity index (χ4v) is 3.16. The van der Waals surface area contributed by atoms with Crippen LogP contribution in [0.1, 0.15) is 11.1 Å². The van der Waals surface area contributed by atoms with Crippen LogP contribution < -0.4 is 9.46 Å². The number of hydrogen-bond acceptors (Lipinski definition) is 3. The highest BCUT2D eigenvalue weighted by Gasteiger charge is 2.31. The number of aryl methyl sites for hydroxylation is 2. The number of sulfonamides is 1. The summed E-state index contributed by atoms with van der Waals surface area (Å²) >= 11 is 0. The first kappa shape index (κ1) is 17.1. The van der Waals surface area contributed by atoms with Crippen LogP contribution in [0.15, 0.2) is 47.4 Å². The molecule has 23 heavy (non-hydrogen) atoms. The van der Waals surface area contributed by atoms with Gasteiger partial charge in [-0.1, -0.05) is 12.1 Å². The predicted octanol–water partition coefficient (Wildman–Crippen LogP) is 4.00. The van der Waals surface area contributed by atoms with Gasteiger partial charge in [-0.3, -0.25) is 4.72 Å². The molecule has 0 aliphatic carbocycles. The predicted molar refractivity (Wildman–Crippen MR) is 79.8 cm³/mol. The van der Waals surface area contributed by atoms with Crippen LogP contribution in [-0.4, -0.2) is 14.8 Å². The Morgan fingerprint density at radius 3 is 2.17 bits per heavy atom. The molecule has 0 heterocycles. The molecule has 8 heteroatoms. The van der Waals surface area contributed by atoms with Gasteiger partial charge in [-0.25, -0.2) is 8.42 Å². The van der Waals surface area contributed by atoms with Crippen molar-refractivity contribution in [2.45, 2.75) is 25.1 Å². The molecule has 2 aromatic carbocycles. The molecule has 0 aliphatic rings. The van der Waals surface area contributed by atoms with Crippen molar-refractivity contribution in [3.63, 3.8) is 0 Å². The van der Waals surface area contributed by atoms with Crippen LogP contribution in [0.25, 0.3) is 0 Å². The maximum atomic E-state index is 12.3. The average molecular weight is 345 g/mol. The van der Waals surface area contributed by atoms with E-state index in [-0.39, 0.29) is 4.90 Å².